The normalized spacial score (nSPS) is 30.7. The summed E-state index contributed by atoms with van der Waals surface area (Å²) in [6, 6.07) is 0. The molecule has 1 aliphatic rings. The van der Waals surface area contributed by atoms with Crippen molar-refractivity contribution in [2.24, 2.45) is 0 Å². The summed E-state index contributed by atoms with van der Waals surface area (Å²) in [4.78, 5) is 0. The second-order valence-corrected chi connectivity index (χ2v) is 2.17. The summed E-state index contributed by atoms with van der Waals surface area (Å²) in [7, 11) is 0. The first-order valence-corrected chi connectivity index (χ1v) is 2.99. The molecule has 0 aromatic rings. The van der Waals surface area contributed by atoms with Crippen molar-refractivity contribution >= 4 is 12.6 Å². The smallest absolute Gasteiger partial charge is 0.0689 e. The van der Waals surface area contributed by atoms with Crippen LogP contribution in [-0.4, -0.2) is 11.9 Å². The molecule has 0 radical (unpaired) electrons. The minimum Gasteiger partial charge on any atom is -0.302 e. The molecule has 2 heteroatoms. The molecule has 0 bridgehead atoms. The van der Waals surface area contributed by atoms with Crippen molar-refractivity contribution in [1.82, 2.24) is 5.32 Å². The fourth-order valence-electron chi connectivity index (χ4n) is 0.608. The van der Waals surface area contributed by atoms with E-state index in [0.717, 1.165) is 13.0 Å². The van der Waals surface area contributed by atoms with Gasteiger partial charge in [-0.25, -0.2) is 0 Å². The van der Waals surface area contributed by atoms with Crippen molar-refractivity contribution in [3.63, 3.8) is 0 Å². The van der Waals surface area contributed by atoms with E-state index in [1.807, 2.05) is 0 Å². The molecule has 0 spiro atoms. The van der Waals surface area contributed by atoms with Gasteiger partial charge in [0, 0.05) is 0 Å². The van der Waals surface area contributed by atoms with Gasteiger partial charge >= 0.3 is 0 Å². The van der Waals surface area contributed by atoms with Crippen LogP contribution in [0.15, 0.2) is 12.2 Å². The summed E-state index contributed by atoms with van der Waals surface area (Å²) in [5.41, 5.74) is 0. The standard InChI is InChI=1S/C5H9NS/c7-5-3-1-2-4-6-5/h1,3,5-7H,2,4H2. The third-order valence-electron chi connectivity index (χ3n) is 0.983. The van der Waals surface area contributed by atoms with E-state index < -0.39 is 0 Å². The van der Waals surface area contributed by atoms with Crippen molar-refractivity contribution in [2.75, 3.05) is 6.54 Å². The Kier molecular flexibility index (Phi) is 1.77. The monoisotopic (exact) mass is 115 g/mol. The quantitative estimate of drug-likeness (QED) is 0.351. The SMILES string of the molecule is SC1C=CCCN1. The Hall–Kier alpha value is 0.0500. The molecular formula is C5H9NS. The molecule has 0 aromatic heterocycles. The van der Waals surface area contributed by atoms with E-state index >= 15 is 0 Å². The van der Waals surface area contributed by atoms with Gasteiger partial charge in [0.2, 0.25) is 0 Å². The molecule has 1 atom stereocenters. The van der Waals surface area contributed by atoms with Gasteiger partial charge in [-0.15, -0.1) is 0 Å². The first-order chi connectivity index (χ1) is 3.39. The van der Waals surface area contributed by atoms with Crippen LogP contribution >= 0.6 is 12.6 Å². The topological polar surface area (TPSA) is 12.0 Å². The minimum absolute atomic E-state index is 0.300. The number of rotatable bonds is 0. The van der Waals surface area contributed by atoms with Gasteiger partial charge in [0.25, 0.3) is 0 Å². The van der Waals surface area contributed by atoms with Crippen LogP contribution in [0.25, 0.3) is 0 Å². The van der Waals surface area contributed by atoms with Crippen LogP contribution in [0.4, 0.5) is 0 Å². The Morgan fingerprint density at radius 3 is 2.86 bits per heavy atom. The maximum Gasteiger partial charge on any atom is 0.0689 e. The Labute approximate surface area is 49.2 Å². The second-order valence-electron chi connectivity index (χ2n) is 1.62. The molecule has 0 saturated carbocycles. The lowest BCUT2D eigenvalue weighted by Crippen LogP contribution is -2.25. The van der Waals surface area contributed by atoms with Crippen molar-refractivity contribution in [3.05, 3.63) is 12.2 Å². The van der Waals surface area contributed by atoms with E-state index in [-0.39, 0.29) is 0 Å². The van der Waals surface area contributed by atoms with Crippen LogP contribution in [0, 0.1) is 0 Å². The van der Waals surface area contributed by atoms with Crippen molar-refractivity contribution in [1.29, 1.82) is 0 Å². The van der Waals surface area contributed by atoms with E-state index in [1.165, 1.54) is 0 Å². The second kappa shape index (κ2) is 2.38. The first-order valence-electron chi connectivity index (χ1n) is 2.48. The largest absolute Gasteiger partial charge is 0.302 e. The fraction of sp³-hybridized carbons (Fsp3) is 0.600. The lowest BCUT2D eigenvalue weighted by Gasteiger charge is -2.10. The van der Waals surface area contributed by atoms with Gasteiger partial charge < -0.3 is 5.32 Å². The summed E-state index contributed by atoms with van der Waals surface area (Å²) in [5, 5.41) is 3.46. The lowest BCUT2D eigenvalue weighted by molar-refractivity contribution is 0.700. The fourth-order valence-corrected chi connectivity index (χ4v) is 0.859. The average Bonchev–Trinajstić information content (AvgIpc) is 1.69. The van der Waals surface area contributed by atoms with E-state index in [1.54, 1.807) is 0 Å². The molecule has 0 aliphatic carbocycles. The van der Waals surface area contributed by atoms with Crippen molar-refractivity contribution in [3.8, 4) is 0 Å². The molecule has 1 nitrogen and oxygen atoms in total. The third kappa shape index (κ3) is 1.53. The highest BCUT2D eigenvalue weighted by Gasteiger charge is 1.97. The molecule has 1 heterocycles. The summed E-state index contributed by atoms with van der Waals surface area (Å²) < 4.78 is 0. The van der Waals surface area contributed by atoms with E-state index in [9.17, 15) is 0 Å². The Bertz CT molecular complexity index is 80.1. The van der Waals surface area contributed by atoms with Gasteiger partial charge in [0.15, 0.2) is 0 Å². The molecule has 7 heavy (non-hydrogen) atoms. The van der Waals surface area contributed by atoms with Crippen LogP contribution in [0.5, 0.6) is 0 Å². The lowest BCUT2D eigenvalue weighted by atomic mass is 10.3. The van der Waals surface area contributed by atoms with Crippen LogP contribution < -0.4 is 5.32 Å². The van der Waals surface area contributed by atoms with E-state index in [2.05, 4.69) is 30.1 Å². The highest BCUT2D eigenvalue weighted by Crippen LogP contribution is 1.98. The minimum atomic E-state index is 0.300. The summed E-state index contributed by atoms with van der Waals surface area (Å²) in [6.07, 6.45) is 5.36. The highest BCUT2D eigenvalue weighted by molar-refractivity contribution is 7.81. The Morgan fingerprint density at radius 1 is 1.71 bits per heavy atom. The highest BCUT2D eigenvalue weighted by atomic mass is 32.1. The molecule has 40 valence electrons. The van der Waals surface area contributed by atoms with Crippen molar-refractivity contribution in [2.45, 2.75) is 11.8 Å². The molecule has 0 fully saturated rings. The van der Waals surface area contributed by atoms with Gasteiger partial charge in [-0.1, -0.05) is 12.2 Å². The van der Waals surface area contributed by atoms with Gasteiger partial charge in [0.1, 0.15) is 0 Å². The van der Waals surface area contributed by atoms with Gasteiger partial charge in [0.05, 0.1) is 5.37 Å². The Balaban J connectivity index is 2.36. The number of nitrogens with one attached hydrogen (secondary N) is 1. The summed E-state index contributed by atoms with van der Waals surface area (Å²) >= 11 is 4.16. The van der Waals surface area contributed by atoms with Crippen LogP contribution in [0.2, 0.25) is 0 Å². The predicted molar refractivity (Wildman–Crippen MR) is 34.5 cm³/mol. The molecule has 1 unspecified atom stereocenters. The summed E-state index contributed by atoms with van der Waals surface area (Å²) in [5.74, 6) is 0. The number of hydrogen-bond donors (Lipinski definition) is 2. The zero-order valence-electron chi connectivity index (χ0n) is 4.09. The van der Waals surface area contributed by atoms with E-state index in [4.69, 9.17) is 0 Å². The van der Waals surface area contributed by atoms with Gasteiger partial charge in [-0.2, -0.15) is 12.6 Å². The van der Waals surface area contributed by atoms with Crippen LogP contribution in [0.1, 0.15) is 6.42 Å². The van der Waals surface area contributed by atoms with Crippen LogP contribution in [0.3, 0.4) is 0 Å². The molecule has 0 aromatic carbocycles. The Morgan fingerprint density at radius 2 is 2.57 bits per heavy atom. The zero-order chi connectivity index (χ0) is 5.11. The summed E-state index contributed by atoms with van der Waals surface area (Å²) in [6.45, 7) is 1.07. The van der Waals surface area contributed by atoms with Gasteiger partial charge in [-0.3, -0.25) is 0 Å². The molecule has 0 amide bonds. The first kappa shape index (κ1) is 5.19. The molecular weight excluding hydrogens is 106 g/mol. The molecule has 1 rings (SSSR count). The molecule has 1 N–H and O–H groups in total. The third-order valence-corrected chi connectivity index (χ3v) is 1.34. The predicted octanol–water partition coefficient (Wildman–Crippen LogP) is 0.792. The average molecular weight is 115 g/mol. The van der Waals surface area contributed by atoms with Gasteiger partial charge in [-0.05, 0) is 13.0 Å². The zero-order valence-corrected chi connectivity index (χ0v) is 4.99. The van der Waals surface area contributed by atoms with E-state index in [0.29, 0.717) is 5.37 Å². The van der Waals surface area contributed by atoms with Crippen molar-refractivity contribution < 1.29 is 0 Å². The molecule has 0 saturated heterocycles. The molecule has 1 aliphatic heterocycles. The maximum absolute atomic E-state index is 4.16. The number of hydrogen-bond acceptors (Lipinski definition) is 2. The number of thiol groups is 1. The van der Waals surface area contributed by atoms with Crippen LogP contribution in [-0.2, 0) is 0 Å². The maximum atomic E-state index is 4.16.